The van der Waals surface area contributed by atoms with Crippen molar-refractivity contribution in [3.63, 3.8) is 0 Å². The summed E-state index contributed by atoms with van der Waals surface area (Å²) in [7, 11) is 0. The van der Waals surface area contributed by atoms with E-state index in [1.165, 1.54) is 6.08 Å². The van der Waals surface area contributed by atoms with Gasteiger partial charge in [0, 0.05) is 0 Å². The monoisotopic (exact) mass is 305 g/mol. The van der Waals surface area contributed by atoms with Crippen LogP contribution in [-0.4, -0.2) is 0 Å². The zero-order chi connectivity index (χ0) is 5.41. The summed E-state index contributed by atoms with van der Waals surface area (Å²) in [6.45, 7) is 6.50. The molecule has 0 spiro atoms. The van der Waals surface area contributed by atoms with Crippen molar-refractivity contribution in [2.45, 2.75) is 0 Å². The van der Waals surface area contributed by atoms with Gasteiger partial charge in [-0.05, 0) is 0 Å². The van der Waals surface area contributed by atoms with Crippen molar-refractivity contribution >= 4 is 26.9 Å². The van der Waals surface area contributed by atoms with Gasteiger partial charge in [0.2, 0.25) is 0 Å². The van der Waals surface area contributed by atoms with Crippen molar-refractivity contribution < 1.29 is 13.9 Å². The molecule has 0 fully saturated rings. The molecule has 0 aliphatic heterocycles. The van der Waals surface area contributed by atoms with Crippen LogP contribution in [-0.2, 0) is 13.9 Å². The number of rotatable bonds is 0. The Bertz CT molecular complexity index is 22.8. The molecule has 0 amide bonds. The summed E-state index contributed by atoms with van der Waals surface area (Å²) < 4.78 is 0. The molecule has 0 nitrogen and oxygen atoms in total. The van der Waals surface area contributed by atoms with Gasteiger partial charge in [0.1, 0.15) is 0 Å². The van der Waals surface area contributed by atoms with E-state index in [1.54, 1.807) is 0 Å². The SMILES string of the molecule is C=C[CH2-].[Br][Pd][Br]. The van der Waals surface area contributed by atoms with Crippen molar-refractivity contribution in [1.82, 2.24) is 0 Å². The molecule has 0 saturated heterocycles. The molecule has 0 saturated carbocycles. The van der Waals surface area contributed by atoms with Crippen molar-refractivity contribution in [2.24, 2.45) is 0 Å². The summed E-state index contributed by atoms with van der Waals surface area (Å²) in [5, 5.41) is 0. The van der Waals surface area contributed by atoms with Crippen LogP contribution in [0.1, 0.15) is 0 Å². The van der Waals surface area contributed by atoms with Gasteiger partial charge in [-0.15, -0.1) is 0 Å². The Labute approximate surface area is 60.0 Å². The fraction of sp³-hybridized carbons (Fsp3) is 0. The fourth-order valence-electron chi connectivity index (χ4n) is 0. The summed E-state index contributed by atoms with van der Waals surface area (Å²) in [6, 6.07) is 0. The molecule has 0 aliphatic rings. The molecule has 0 bridgehead atoms. The average Bonchev–Trinajstić information content (AvgIpc) is 1.39. The minimum absolute atomic E-state index is 0.575. The number of hydrogen-bond acceptors (Lipinski definition) is 0. The van der Waals surface area contributed by atoms with Gasteiger partial charge in [-0.25, -0.2) is 19.6 Å². The Kier molecular flexibility index (Phi) is 27.9. The van der Waals surface area contributed by atoms with Crippen LogP contribution in [0.4, 0.5) is 0 Å². The molecular formula is C3H5Br2Pd-. The predicted molar refractivity (Wildman–Crippen MR) is 33.4 cm³/mol. The third-order valence-corrected chi connectivity index (χ3v) is 0. The Morgan fingerprint density at radius 2 is 1.67 bits per heavy atom. The fourth-order valence-corrected chi connectivity index (χ4v) is 0. The molecule has 0 N–H and O–H groups in total. The average molecular weight is 307 g/mol. The first-order chi connectivity index (χ1) is 2.83. The number of halogens is 2. The zero-order valence-electron chi connectivity index (χ0n) is 3.06. The van der Waals surface area contributed by atoms with E-state index in [4.69, 9.17) is 0 Å². The molecule has 3 heteroatoms. The molecule has 0 rings (SSSR count). The van der Waals surface area contributed by atoms with E-state index in [0.717, 1.165) is 0 Å². The maximum atomic E-state index is 3.25. The van der Waals surface area contributed by atoms with Gasteiger partial charge in [-0.1, -0.05) is 0 Å². The van der Waals surface area contributed by atoms with Crippen LogP contribution in [0.25, 0.3) is 0 Å². The first kappa shape index (κ1) is 10.3. The van der Waals surface area contributed by atoms with E-state index in [1.807, 2.05) is 0 Å². The molecule has 0 aromatic heterocycles. The summed E-state index contributed by atoms with van der Waals surface area (Å²) >= 11 is 6.80. The molecule has 0 atom stereocenters. The second-order valence-corrected chi connectivity index (χ2v) is 7.50. The van der Waals surface area contributed by atoms with E-state index in [0.29, 0.717) is 13.9 Å². The van der Waals surface area contributed by atoms with Crippen LogP contribution in [0.5, 0.6) is 0 Å². The van der Waals surface area contributed by atoms with Crippen LogP contribution in [0, 0.1) is 6.92 Å². The third kappa shape index (κ3) is 61.7. The van der Waals surface area contributed by atoms with Gasteiger partial charge < -0.3 is 0 Å². The summed E-state index contributed by atoms with van der Waals surface area (Å²) in [4.78, 5) is 0. The topological polar surface area (TPSA) is 0 Å². The van der Waals surface area contributed by atoms with E-state index in [2.05, 4.69) is 40.4 Å². The predicted octanol–water partition coefficient (Wildman–Crippen LogP) is 2.70. The Balaban J connectivity index is 0. The van der Waals surface area contributed by atoms with Gasteiger partial charge in [0.25, 0.3) is 0 Å². The second-order valence-electron chi connectivity index (χ2n) is 0.334. The van der Waals surface area contributed by atoms with Crippen LogP contribution < -0.4 is 0 Å². The third-order valence-electron chi connectivity index (χ3n) is 0. The molecule has 0 aromatic rings. The normalized spacial score (nSPS) is 5.67. The molecule has 0 radical (unpaired) electrons. The van der Waals surface area contributed by atoms with E-state index in [-0.39, 0.29) is 0 Å². The summed E-state index contributed by atoms with van der Waals surface area (Å²) in [5.41, 5.74) is 0. The van der Waals surface area contributed by atoms with Crippen molar-refractivity contribution in [1.29, 1.82) is 0 Å². The quantitative estimate of drug-likeness (QED) is 0.477. The summed E-state index contributed by atoms with van der Waals surface area (Å²) in [5.74, 6) is 0. The molecule has 0 heterocycles. The number of hydrogen-bond donors (Lipinski definition) is 0. The van der Waals surface area contributed by atoms with E-state index < -0.39 is 0 Å². The van der Waals surface area contributed by atoms with Crippen LogP contribution in [0.15, 0.2) is 12.7 Å². The molecule has 0 unspecified atom stereocenters. The molecule has 0 aliphatic carbocycles. The van der Waals surface area contributed by atoms with Crippen molar-refractivity contribution in [2.75, 3.05) is 0 Å². The molecular weight excluding hydrogens is 302 g/mol. The van der Waals surface area contributed by atoms with Gasteiger partial charge in [-0.3, -0.25) is 0 Å². The zero-order valence-corrected chi connectivity index (χ0v) is 7.79. The standard InChI is InChI=1S/C3H5.2BrH.Pd/c1-3-2;;;/h3H,1-2H2;2*1H;/q-1;;;+2/p-2. The van der Waals surface area contributed by atoms with E-state index in [9.17, 15) is 0 Å². The molecule has 6 heavy (non-hydrogen) atoms. The minimum atomic E-state index is 0.575. The number of allylic oxidation sites excluding steroid dienone is 1. The van der Waals surface area contributed by atoms with Gasteiger partial charge in [-0.2, -0.15) is 0 Å². The first-order valence-electron chi connectivity index (χ1n) is 1.06. The van der Waals surface area contributed by atoms with Crippen molar-refractivity contribution in [3.05, 3.63) is 19.6 Å². The Morgan fingerprint density at radius 3 is 1.67 bits per heavy atom. The first-order valence-corrected chi connectivity index (χ1v) is 8.16. The van der Waals surface area contributed by atoms with Gasteiger partial charge >= 0.3 is 40.8 Å². The van der Waals surface area contributed by atoms with Crippen molar-refractivity contribution in [3.8, 4) is 0 Å². The summed E-state index contributed by atoms with van der Waals surface area (Å²) in [6.07, 6.45) is 1.50. The Morgan fingerprint density at radius 1 is 1.67 bits per heavy atom. The second kappa shape index (κ2) is 16.3. The Hall–Kier alpha value is 1.23. The van der Waals surface area contributed by atoms with E-state index >= 15 is 0 Å². The molecule has 0 aromatic carbocycles. The van der Waals surface area contributed by atoms with Crippen LogP contribution >= 0.6 is 26.9 Å². The molecule has 42 valence electrons. The maximum absolute atomic E-state index is 3.25. The van der Waals surface area contributed by atoms with Crippen LogP contribution in [0.2, 0.25) is 0 Å². The van der Waals surface area contributed by atoms with Gasteiger partial charge in [0.05, 0.1) is 0 Å². The van der Waals surface area contributed by atoms with Crippen LogP contribution in [0.3, 0.4) is 0 Å². The van der Waals surface area contributed by atoms with Gasteiger partial charge in [0.15, 0.2) is 0 Å².